The lowest BCUT2D eigenvalue weighted by atomic mass is 10.1. The molecule has 0 atom stereocenters. The van der Waals surface area contributed by atoms with Crippen LogP contribution in [-0.4, -0.2) is 36.0 Å². The van der Waals surface area contributed by atoms with Gasteiger partial charge in [-0.1, -0.05) is 35.0 Å². The molecule has 0 unspecified atom stereocenters. The Labute approximate surface area is 117 Å². The van der Waals surface area contributed by atoms with Gasteiger partial charge in [0.15, 0.2) is 9.84 Å². The van der Waals surface area contributed by atoms with Crippen molar-refractivity contribution < 1.29 is 18.0 Å². The maximum absolute atomic E-state index is 11.7. The molecule has 1 aromatic carbocycles. The van der Waals surface area contributed by atoms with Crippen LogP contribution in [0.3, 0.4) is 0 Å². The van der Waals surface area contributed by atoms with Gasteiger partial charge in [-0.2, -0.15) is 4.98 Å². The number of aliphatic hydroxyl groups excluding tert-OH is 1. The first-order valence-electron chi connectivity index (χ1n) is 6.21. The zero-order valence-corrected chi connectivity index (χ0v) is 11.9. The second-order valence-corrected chi connectivity index (χ2v) is 6.73. The van der Waals surface area contributed by atoms with Crippen molar-refractivity contribution in [3.05, 3.63) is 35.7 Å². The zero-order valence-electron chi connectivity index (χ0n) is 11.1. The van der Waals surface area contributed by atoms with Crippen LogP contribution in [0.25, 0.3) is 11.4 Å². The summed E-state index contributed by atoms with van der Waals surface area (Å²) in [5, 5.41) is 12.4. The highest BCUT2D eigenvalue weighted by molar-refractivity contribution is 7.90. The van der Waals surface area contributed by atoms with E-state index in [0.717, 1.165) is 11.1 Å². The minimum Gasteiger partial charge on any atom is -0.396 e. The maximum Gasteiger partial charge on any atom is 0.242 e. The van der Waals surface area contributed by atoms with Crippen molar-refractivity contribution in [2.24, 2.45) is 0 Å². The third-order valence-corrected chi connectivity index (χ3v) is 4.33. The average molecular weight is 296 g/mol. The number of rotatable bonds is 6. The first-order valence-corrected chi connectivity index (χ1v) is 8.03. The van der Waals surface area contributed by atoms with Gasteiger partial charge in [0.1, 0.15) is 5.75 Å². The Morgan fingerprint density at radius 3 is 2.60 bits per heavy atom. The topological polar surface area (TPSA) is 93.3 Å². The molecule has 0 aliphatic carbocycles. The number of sulfone groups is 1. The lowest BCUT2D eigenvalue weighted by Crippen LogP contribution is -2.10. The van der Waals surface area contributed by atoms with Gasteiger partial charge in [-0.05, 0) is 13.3 Å². The number of hydrogen-bond donors (Lipinski definition) is 1. The molecule has 7 heteroatoms. The molecule has 0 bridgehead atoms. The van der Waals surface area contributed by atoms with Crippen molar-refractivity contribution >= 4 is 9.84 Å². The Kier molecular flexibility index (Phi) is 4.51. The Morgan fingerprint density at radius 2 is 1.95 bits per heavy atom. The summed E-state index contributed by atoms with van der Waals surface area (Å²) < 4.78 is 28.4. The lowest BCUT2D eigenvalue weighted by molar-refractivity contribution is 0.295. The molecule has 108 valence electrons. The molecule has 0 amide bonds. The van der Waals surface area contributed by atoms with E-state index in [4.69, 9.17) is 9.63 Å². The number of benzene rings is 1. The van der Waals surface area contributed by atoms with Crippen LogP contribution >= 0.6 is 0 Å². The normalized spacial score (nSPS) is 11.7. The summed E-state index contributed by atoms with van der Waals surface area (Å²) in [6.07, 6.45) is 0.210. The van der Waals surface area contributed by atoms with Gasteiger partial charge < -0.3 is 9.63 Å². The summed E-state index contributed by atoms with van der Waals surface area (Å²) in [6, 6.07) is 7.54. The molecule has 1 aromatic heterocycles. The zero-order chi connectivity index (χ0) is 14.6. The van der Waals surface area contributed by atoms with Crippen LogP contribution in [0.15, 0.2) is 28.8 Å². The molecule has 0 spiro atoms. The second-order valence-electron chi connectivity index (χ2n) is 4.55. The molecule has 1 heterocycles. The molecule has 0 aliphatic rings. The molecule has 0 saturated heterocycles. The van der Waals surface area contributed by atoms with E-state index in [1.807, 2.05) is 31.2 Å². The van der Waals surface area contributed by atoms with Crippen LogP contribution < -0.4 is 0 Å². The fourth-order valence-electron chi connectivity index (χ4n) is 1.68. The molecule has 0 fully saturated rings. The Balaban J connectivity index is 2.11. The number of aliphatic hydroxyl groups is 1. The van der Waals surface area contributed by atoms with Crippen LogP contribution in [0, 0.1) is 6.92 Å². The quantitative estimate of drug-likeness (QED) is 0.864. The Hall–Kier alpha value is -1.73. The Bertz CT molecular complexity index is 662. The molecule has 0 radical (unpaired) electrons. The highest BCUT2D eigenvalue weighted by Gasteiger charge is 2.17. The van der Waals surface area contributed by atoms with Gasteiger partial charge in [0, 0.05) is 12.2 Å². The summed E-state index contributed by atoms with van der Waals surface area (Å²) in [6.45, 7) is 1.82. The van der Waals surface area contributed by atoms with E-state index in [0.29, 0.717) is 5.82 Å². The monoisotopic (exact) mass is 296 g/mol. The molecule has 2 rings (SSSR count). The molecular formula is C13H16N2O4S. The second kappa shape index (κ2) is 6.15. The summed E-state index contributed by atoms with van der Waals surface area (Å²) >= 11 is 0. The van der Waals surface area contributed by atoms with Crippen LogP contribution in [0.2, 0.25) is 0 Å². The number of aromatic nitrogens is 2. The van der Waals surface area contributed by atoms with Crippen LogP contribution in [0.1, 0.15) is 17.9 Å². The van der Waals surface area contributed by atoms with Gasteiger partial charge in [-0.25, -0.2) is 8.42 Å². The predicted molar refractivity (Wildman–Crippen MR) is 73.7 cm³/mol. The van der Waals surface area contributed by atoms with E-state index in [9.17, 15) is 8.42 Å². The SMILES string of the molecule is Cc1ccc(-c2noc(CS(=O)(=O)CCCO)n2)cc1. The number of aryl methyl sites for hydroxylation is 1. The van der Waals surface area contributed by atoms with Crippen LogP contribution in [0.4, 0.5) is 0 Å². The lowest BCUT2D eigenvalue weighted by Gasteiger charge is -1.98. The molecular weight excluding hydrogens is 280 g/mol. The van der Waals surface area contributed by atoms with Crippen LogP contribution in [0.5, 0.6) is 0 Å². The minimum absolute atomic E-state index is 0.0681. The van der Waals surface area contributed by atoms with E-state index < -0.39 is 9.84 Å². The van der Waals surface area contributed by atoms with Gasteiger partial charge in [0.2, 0.25) is 11.7 Å². The van der Waals surface area contributed by atoms with Gasteiger partial charge in [0.25, 0.3) is 0 Å². The summed E-state index contributed by atoms with van der Waals surface area (Å²) in [5.74, 6) is 0.0494. The molecule has 20 heavy (non-hydrogen) atoms. The van der Waals surface area contributed by atoms with E-state index in [-0.39, 0.29) is 30.4 Å². The number of hydrogen-bond acceptors (Lipinski definition) is 6. The molecule has 2 aromatic rings. The van der Waals surface area contributed by atoms with Crippen molar-refractivity contribution in [2.75, 3.05) is 12.4 Å². The summed E-state index contributed by atoms with van der Waals surface area (Å²) in [7, 11) is -3.33. The van der Waals surface area contributed by atoms with E-state index in [1.165, 1.54) is 0 Å². The molecule has 0 aliphatic heterocycles. The van der Waals surface area contributed by atoms with Crippen molar-refractivity contribution in [1.29, 1.82) is 0 Å². The minimum atomic E-state index is -3.33. The molecule has 6 nitrogen and oxygen atoms in total. The van der Waals surface area contributed by atoms with Crippen molar-refractivity contribution in [3.63, 3.8) is 0 Å². The number of nitrogens with zero attached hydrogens (tertiary/aromatic N) is 2. The van der Waals surface area contributed by atoms with Crippen LogP contribution in [-0.2, 0) is 15.6 Å². The standard InChI is InChI=1S/C13H16N2O4S/c1-10-3-5-11(6-4-10)13-14-12(19-15-13)9-20(17,18)8-2-7-16/h3-6,16H,2,7-9H2,1H3. The first-order chi connectivity index (χ1) is 9.50. The van der Waals surface area contributed by atoms with Gasteiger partial charge in [-0.15, -0.1) is 0 Å². The van der Waals surface area contributed by atoms with Crippen molar-refractivity contribution in [1.82, 2.24) is 10.1 Å². The van der Waals surface area contributed by atoms with Gasteiger partial charge in [-0.3, -0.25) is 0 Å². The van der Waals surface area contributed by atoms with Crippen molar-refractivity contribution in [2.45, 2.75) is 19.1 Å². The maximum atomic E-state index is 11.7. The van der Waals surface area contributed by atoms with E-state index >= 15 is 0 Å². The van der Waals surface area contributed by atoms with E-state index in [1.54, 1.807) is 0 Å². The smallest absolute Gasteiger partial charge is 0.242 e. The fourth-order valence-corrected chi connectivity index (χ4v) is 2.88. The van der Waals surface area contributed by atoms with Gasteiger partial charge in [0.05, 0.1) is 5.75 Å². The molecule has 0 saturated carbocycles. The average Bonchev–Trinajstić information content (AvgIpc) is 2.85. The Morgan fingerprint density at radius 1 is 1.25 bits per heavy atom. The third kappa shape index (κ3) is 3.88. The predicted octanol–water partition coefficient (Wildman–Crippen LogP) is 1.34. The highest BCUT2D eigenvalue weighted by Crippen LogP contribution is 2.17. The van der Waals surface area contributed by atoms with Crippen molar-refractivity contribution in [3.8, 4) is 11.4 Å². The summed E-state index contributed by atoms with van der Waals surface area (Å²) in [4.78, 5) is 4.08. The third-order valence-electron chi connectivity index (χ3n) is 2.73. The highest BCUT2D eigenvalue weighted by atomic mass is 32.2. The fraction of sp³-hybridized carbons (Fsp3) is 0.385. The van der Waals surface area contributed by atoms with E-state index in [2.05, 4.69) is 10.1 Å². The first kappa shape index (κ1) is 14.7. The molecule has 1 N–H and O–H groups in total. The van der Waals surface area contributed by atoms with Gasteiger partial charge >= 0.3 is 0 Å². The summed E-state index contributed by atoms with van der Waals surface area (Å²) in [5.41, 5.74) is 1.89. The largest absolute Gasteiger partial charge is 0.396 e.